The molecule has 16 heteroatoms. The van der Waals surface area contributed by atoms with Crippen molar-refractivity contribution in [1.82, 2.24) is 25.2 Å². The average molecular weight is 670 g/mol. The maximum atomic E-state index is 14.2. The van der Waals surface area contributed by atoms with E-state index in [0.29, 0.717) is 39.1 Å². The van der Waals surface area contributed by atoms with Gasteiger partial charge in [0.1, 0.15) is 29.3 Å². The van der Waals surface area contributed by atoms with Crippen molar-refractivity contribution in [2.45, 2.75) is 102 Å². The third-order valence-electron chi connectivity index (χ3n) is 8.41. The number of ether oxygens (including phenoxy) is 3. The van der Waals surface area contributed by atoms with Crippen molar-refractivity contribution in [3.8, 4) is 0 Å². The number of likely N-dealkylation sites (tertiary alicyclic amines) is 1. The normalized spacial score (nSPS) is 27.2. The summed E-state index contributed by atoms with van der Waals surface area (Å²) in [5.74, 6) is -2.76. The fourth-order valence-corrected chi connectivity index (χ4v) is 6.96. The van der Waals surface area contributed by atoms with Crippen molar-refractivity contribution in [2.75, 3.05) is 32.8 Å². The number of nitrogens with one attached hydrogen (secondary N) is 3. The van der Waals surface area contributed by atoms with Gasteiger partial charge in [0.25, 0.3) is 5.91 Å². The third-order valence-corrected chi connectivity index (χ3v) is 10.2. The highest BCUT2D eigenvalue weighted by molar-refractivity contribution is 7.91. The Labute approximate surface area is 270 Å². The lowest BCUT2D eigenvalue weighted by Crippen LogP contribution is -2.60. The van der Waals surface area contributed by atoms with Crippen LogP contribution in [0.1, 0.15) is 67.2 Å². The summed E-state index contributed by atoms with van der Waals surface area (Å²) in [5.41, 5.74) is -3.24. The molecular formula is C30H47N5O10S. The van der Waals surface area contributed by atoms with E-state index in [1.807, 2.05) is 0 Å². The molecule has 2 aliphatic heterocycles. The number of carbonyl (C=O) groups excluding carboxylic acids is 5. The molecule has 258 valence electrons. The molecule has 5 amide bonds. The van der Waals surface area contributed by atoms with Crippen LogP contribution in [0.2, 0.25) is 0 Å². The van der Waals surface area contributed by atoms with Crippen LogP contribution in [0, 0.1) is 11.3 Å². The molecule has 2 heterocycles. The van der Waals surface area contributed by atoms with Crippen molar-refractivity contribution in [2.24, 2.45) is 11.3 Å². The Morgan fingerprint density at radius 3 is 2.20 bits per heavy atom. The predicted molar refractivity (Wildman–Crippen MR) is 165 cm³/mol. The maximum Gasteiger partial charge on any atom is 0.410 e. The Morgan fingerprint density at radius 2 is 1.67 bits per heavy atom. The molecule has 3 N–H and O–H groups in total. The number of rotatable bonds is 9. The van der Waals surface area contributed by atoms with Gasteiger partial charge in [0.2, 0.25) is 21.8 Å². The van der Waals surface area contributed by atoms with Gasteiger partial charge in [-0.1, -0.05) is 26.8 Å². The first kappa shape index (κ1) is 35.5. The highest BCUT2D eigenvalue weighted by atomic mass is 32.2. The Balaban J connectivity index is 1.58. The number of amides is 5. The second-order valence-electron chi connectivity index (χ2n) is 14.5. The minimum Gasteiger partial charge on any atom is -0.444 e. The number of morpholine rings is 1. The van der Waals surface area contributed by atoms with Crippen LogP contribution < -0.4 is 15.4 Å². The van der Waals surface area contributed by atoms with Crippen molar-refractivity contribution in [3.05, 3.63) is 12.7 Å². The molecule has 0 aromatic rings. The predicted octanol–water partition coefficient (Wildman–Crippen LogP) is 1.03. The lowest BCUT2D eigenvalue weighted by Gasteiger charge is -2.36. The Hall–Kier alpha value is -3.40. The first-order valence-corrected chi connectivity index (χ1v) is 17.2. The number of hydrogen-bond acceptors (Lipinski definition) is 10. The molecule has 15 nitrogen and oxygen atoms in total. The highest BCUT2D eigenvalue weighted by Crippen LogP contribution is 2.45. The number of hydrogen-bond donors (Lipinski definition) is 3. The molecule has 2 aliphatic carbocycles. The first-order chi connectivity index (χ1) is 21.3. The third kappa shape index (κ3) is 8.30. The lowest BCUT2D eigenvalue weighted by molar-refractivity contribution is -0.143. The van der Waals surface area contributed by atoms with Gasteiger partial charge in [0, 0.05) is 25.4 Å². The van der Waals surface area contributed by atoms with Crippen LogP contribution in [0.25, 0.3) is 0 Å². The summed E-state index contributed by atoms with van der Waals surface area (Å²) in [4.78, 5) is 69.8. The molecule has 0 radical (unpaired) electrons. The molecule has 4 rings (SSSR count). The van der Waals surface area contributed by atoms with E-state index in [9.17, 15) is 32.4 Å². The van der Waals surface area contributed by atoms with E-state index in [1.165, 1.54) is 15.9 Å². The molecule has 0 bridgehead atoms. The van der Waals surface area contributed by atoms with Crippen LogP contribution in [0.4, 0.5) is 9.59 Å². The SMILES string of the molecule is C=CC1CC1(NC(=O)[C@@H]1C[C@@H](OC(=O)N2CCOCC2)CN1C(=O)[C@@H](NC(=O)OC(C)(C)C)C(C)(C)C)C(=O)NS(=O)(=O)C1CC1. The van der Waals surface area contributed by atoms with Crippen LogP contribution in [-0.4, -0.2) is 116 Å². The van der Waals surface area contributed by atoms with Gasteiger partial charge in [-0.15, -0.1) is 6.58 Å². The van der Waals surface area contributed by atoms with Gasteiger partial charge in [0.05, 0.1) is 25.0 Å². The number of sulfonamides is 1. The fourth-order valence-electron chi connectivity index (χ4n) is 5.60. The van der Waals surface area contributed by atoms with Crippen LogP contribution in [0.15, 0.2) is 12.7 Å². The molecule has 4 aliphatic rings. The maximum absolute atomic E-state index is 14.2. The molecule has 2 saturated heterocycles. The van der Waals surface area contributed by atoms with Gasteiger partial charge < -0.3 is 34.6 Å². The molecule has 5 atom stereocenters. The zero-order chi connectivity index (χ0) is 34.2. The highest BCUT2D eigenvalue weighted by Gasteiger charge is 2.62. The summed E-state index contributed by atoms with van der Waals surface area (Å²) >= 11 is 0. The molecule has 2 saturated carbocycles. The minimum atomic E-state index is -3.90. The van der Waals surface area contributed by atoms with Crippen LogP contribution >= 0.6 is 0 Å². The smallest absolute Gasteiger partial charge is 0.410 e. The first-order valence-electron chi connectivity index (χ1n) is 15.6. The average Bonchev–Trinajstić information content (AvgIpc) is 3.87. The van der Waals surface area contributed by atoms with E-state index < -0.39 is 85.8 Å². The molecule has 4 fully saturated rings. The standard InChI is InChI=1S/C30H47N5O10S/c1-8-18-16-30(18,25(38)33-46(41,42)20-9-10-20)32-23(36)21-15-19(44-27(40)34-11-13-43-14-12-34)17-35(21)24(37)22(28(2,3)4)31-26(39)45-29(5,6)7/h8,18-22H,1,9-17H2,2-7H3,(H,31,39)(H,32,36)(H,33,38)/t18?,19-,21+,22-,30?/m1/s1. The van der Waals surface area contributed by atoms with Gasteiger partial charge in [-0.3, -0.25) is 19.1 Å². The number of carbonyl (C=O) groups is 5. The van der Waals surface area contributed by atoms with Crippen molar-refractivity contribution in [1.29, 1.82) is 0 Å². The summed E-state index contributed by atoms with van der Waals surface area (Å²) in [6.45, 7) is 15.2. The van der Waals surface area contributed by atoms with Gasteiger partial charge in [-0.2, -0.15) is 0 Å². The summed E-state index contributed by atoms with van der Waals surface area (Å²) < 4.78 is 43.6. The second-order valence-corrected chi connectivity index (χ2v) is 16.4. The summed E-state index contributed by atoms with van der Waals surface area (Å²) in [7, 11) is -3.90. The van der Waals surface area contributed by atoms with Crippen molar-refractivity contribution in [3.63, 3.8) is 0 Å². The molecule has 2 unspecified atom stereocenters. The number of alkyl carbamates (subject to hydrolysis) is 1. The van der Waals surface area contributed by atoms with Crippen LogP contribution in [-0.2, 0) is 38.6 Å². The monoisotopic (exact) mass is 669 g/mol. The van der Waals surface area contributed by atoms with Gasteiger partial charge in [0.15, 0.2) is 0 Å². The molecule has 46 heavy (non-hydrogen) atoms. The van der Waals surface area contributed by atoms with Crippen LogP contribution in [0.3, 0.4) is 0 Å². The van der Waals surface area contributed by atoms with E-state index in [0.717, 1.165) is 0 Å². The Bertz CT molecular complexity index is 1350. The minimum absolute atomic E-state index is 0.0895. The second kappa shape index (κ2) is 13.0. The van der Waals surface area contributed by atoms with Gasteiger partial charge >= 0.3 is 12.2 Å². The lowest BCUT2D eigenvalue weighted by atomic mass is 9.85. The van der Waals surface area contributed by atoms with E-state index >= 15 is 0 Å². The zero-order valence-electron chi connectivity index (χ0n) is 27.4. The molecule has 0 spiro atoms. The topological polar surface area (TPSA) is 190 Å². The zero-order valence-corrected chi connectivity index (χ0v) is 28.2. The fraction of sp³-hybridized carbons (Fsp3) is 0.767. The molecular weight excluding hydrogens is 622 g/mol. The Morgan fingerprint density at radius 1 is 1.04 bits per heavy atom. The molecule has 0 aromatic heterocycles. The summed E-state index contributed by atoms with van der Waals surface area (Å²) in [6.07, 6.45) is 0.0709. The van der Waals surface area contributed by atoms with Crippen molar-refractivity contribution < 1.29 is 46.6 Å². The van der Waals surface area contributed by atoms with E-state index in [-0.39, 0.29) is 19.4 Å². The van der Waals surface area contributed by atoms with Gasteiger partial charge in [-0.25, -0.2) is 18.0 Å². The number of nitrogens with zero attached hydrogens (tertiary/aromatic N) is 2. The van der Waals surface area contributed by atoms with Crippen LogP contribution in [0.5, 0.6) is 0 Å². The van der Waals surface area contributed by atoms with E-state index in [1.54, 1.807) is 41.5 Å². The molecule has 0 aromatic carbocycles. The Kier molecular flexibility index (Phi) is 10.0. The summed E-state index contributed by atoms with van der Waals surface area (Å²) in [5, 5.41) is 4.69. The largest absolute Gasteiger partial charge is 0.444 e. The van der Waals surface area contributed by atoms with E-state index in [2.05, 4.69) is 21.9 Å². The quantitative estimate of drug-likeness (QED) is 0.299. The van der Waals surface area contributed by atoms with Gasteiger partial charge in [-0.05, 0) is 45.4 Å². The van der Waals surface area contributed by atoms with E-state index in [4.69, 9.17) is 14.2 Å². The summed E-state index contributed by atoms with van der Waals surface area (Å²) in [6, 6.07) is -2.36. The van der Waals surface area contributed by atoms with Crippen molar-refractivity contribution >= 4 is 39.9 Å².